The lowest BCUT2D eigenvalue weighted by Gasteiger charge is -2.37. The molecule has 1 aromatic rings. The van der Waals surface area contributed by atoms with E-state index in [2.05, 4.69) is 9.64 Å². The first-order valence-electron chi connectivity index (χ1n) is 7.82. The number of carbonyl (C=O) groups is 2. The number of anilines is 1. The predicted molar refractivity (Wildman–Crippen MR) is 92.8 cm³/mol. The zero-order valence-electron chi connectivity index (χ0n) is 14.5. The maximum absolute atomic E-state index is 12.1. The highest BCUT2D eigenvalue weighted by atomic mass is 35.5. The highest BCUT2D eigenvalue weighted by molar-refractivity contribution is 6.33. The van der Waals surface area contributed by atoms with Gasteiger partial charge in [-0.3, -0.25) is 0 Å². The van der Waals surface area contributed by atoms with Crippen molar-refractivity contribution in [1.82, 2.24) is 4.90 Å². The van der Waals surface area contributed by atoms with Crippen molar-refractivity contribution >= 4 is 29.4 Å². The van der Waals surface area contributed by atoms with E-state index in [1.54, 1.807) is 23.1 Å². The Hall–Kier alpha value is -1.95. The van der Waals surface area contributed by atoms with E-state index in [-0.39, 0.29) is 6.09 Å². The number of hydrogen-bond donors (Lipinski definition) is 0. The Morgan fingerprint density at radius 2 is 1.75 bits per heavy atom. The molecule has 24 heavy (non-hydrogen) atoms. The summed E-state index contributed by atoms with van der Waals surface area (Å²) in [7, 11) is 1.33. The van der Waals surface area contributed by atoms with Crippen LogP contribution < -0.4 is 4.90 Å². The summed E-state index contributed by atoms with van der Waals surface area (Å²) in [6.07, 6.45) is -0.297. The van der Waals surface area contributed by atoms with Gasteiger partial charge in [-0.05, 0) is 39.0 Å². The monoisotopic (exact) mass is 354 g/mol. The van der Waals surface area contributed by atoms with E-state index in [1.807, 2.05) is 20.8 Å². The lowest BCUT2D eigenvalue weighted by molar-refractivity contribution is 0.0240. The van der Waals surface area contributed by atoms with Crippen LogP contribution in [-0.4, -0.2) is 55.9 Å². The first-order chi connectivity index (χ1) is 11.2. The minimum Gasteiger partial charge on any atom is -0.465 e. The summed E-state index contributed by atoms with van der Waals surface area (Å²) in [5.74, 6) is -0.418. The number of rotatable bonds is 2. The fourth-order valence-electron chi connectivity index (χ4n) is 2.46. The lowest BCUT2D eigenvalue weighted by atomic mass is 10.1. The van der Waals surface area contributed by atoms with E-state index >= 15 is 0 Å². The van der Waals surface area contributed by atoms with Crippen molar-refractivity contribution in [3.8, 4) is 0 Å². The van der Waals surface area contributed by atoms with Gasteiger partial charge in [-0.25, -0.2) is 9.59 Å². The molecule has 1 aliphatic heterocycles. The number of carbonyl (C=O) groups excluding carboxylic acids is 2. The average Bonchev–Trinajstić information content (AvgIpc) is 2.52. The van der Waals surface area contributed by atoms with Gasteiger partial charge in [0.1, 0.15) is 5.60 Å². The Labute approximate surface area is 147 Å². The molecule has 132 valence electrons. The summed E-state index contributed by atoms with van der Waals surface area (Å²) in [6, 6.07) is 5.09. The highest BCUT2D eigenvalue weighted by Crippen LogP contribution is 2.28. The second-order valence-corrected chi connectivity index (χ2v) is 7.02. The van der Waals surface area contributed by atoms with Crippen LogP contribution in [-0.2, 0) is 9.47 Å². The van der Waals surface area contributed by atoms with Gasteiger partial charge >= 0.3 is 12.1 Å². The summed E-state index contributed by atoms with van der Waals surface area (Å²) >= 11 is 6.30. The molecule has 2 rings (SSSR count). The average molecular weight is 355 g/mol. The van der Waals surface area contributed by atoms with Gasteiger partial charge in [0.05, 0.1) is 23.4 Å². The molecular weight excluding hydrogens is 332 g/mol. The smallest absolute Gasteiger partial charge is 0.410 e. The van der Waals surface area contributed by atoms with Crippen molar-refractivity contribution in [2.45, 2.75) is 26.4 Å². The van der Waals surface area contributed by atoms with Gasteiger partial charge < -0.3 is 19.3 Å². The molecule has 1 heterocycles. The minimum absolute atomic E-state index is 0.297. The maximum Gasteiger partial charge on any atom is 0.410 e. The highest BCUT2D eigenvalue weighted by Gasteiger charge is 2.26. The van der Waals surface area contributed by atoms with E-state index in [0.29, 0.717) is 36.8 Å². The number of nitrogens with zero attached hydrogens (tertiary/aromatic N) is 2. The number of piperazine rings is 1. The van der Waals surface area contributed by atoms with Gasteiger partial charge in [0.2, 0.25) is 0 Å². The number of hydrogen-bond acceptors (Lipinski definition) is 5. The molecule has 0 N–H and O–H groups in total. The van der Waals surface area contributed by atoms with Crippen LogP contribution in [0.4, 0.5) is 10.5 Å². The van der Waals surface area contributed by atoms with Crippen molar-refractivity contribution in [3.05, 3.63) is 28.8 Å². The minimum atomic E-state index is -0.499. The SMILES string of the molecule is COC(=O)c1ccc(N2CCN(C(=O)OC(C)(C)C)CC2)c(Cl)c1. The molecule has 0 spiro atoms. The van der Waals surface area contributed by atoms with E-state index in [1.165, 1.54) is 7.11 Å². The van der Waals surface area contributed by atoms with Crippen molar-refractivity contribution in [2.75, 3.05) is 38.2 Å². The summed E-state index contributed by atoms with van der Waals surface area (Å²) in [5, 5.41) is 0.489. The number of ether oxygens (including phenoxy) is 2. The molecule has 1 saturated heterocycles. The molecule has 0 radical (unpaired) electrons. The molecule has 1 aliphatic rings. The molecule has 1 fully saturated rings. The summed E-state index contributed by atoms with van der Waals surface area (Å²) in [5.41, 5.74) is 0.758. The second-order valence-electron chi connectivity index (χ2n) is 6.61. The molecule has 1 amide bonds. The van der Waals surface area contributed by atoms with Gasteiger partial charge in [-0.2, -0.15) is 0 Å². The topological polar surface area (TPSA) is 59.1 Å². The van der Waals surface area contributed by atoms with Crippen molar-refractivity contribution in [1.29, 1.82) is 0 Å². The zero-order valence-corrected chi connectivity index (χ0v) is 15.2. The molecule has 1 aromatic carbocycles. The normalized spacial score (nSPS) is 15.2. The third-order valence-corrected chi connectivity index (χ3v) is 3.94. The van der Waals surface area contributed by atoms with Crippen molar-refractivity contribution < 1.29 is 19.1 Å². The Morgan fingerprint density at radius 3 is 2.25 bits per heavy atom. The number of esters is 1. The molecule has 0 unspecified atom stereocenters. The van der Waals surface area contributed by atoms with Gasteiger partial charge in [-0.1, -0.05) is 11.6 Å². The number of methoxy groups -OCH3 is 1. The van der Waals surface area contributed by atoms with Crippen LogP contribution in [0.2, 0.25) is 5.02 Å². The van der Waals surface area contributed by atoms with Crippen molar-refractivity contribution in [2.24, 2.45) is 0 Å². The van der Waals surface area contributed by atoms with Crippen LogP contribution in [0.15, 0.2) is 18.2 Å². The maximum atomic E-state index is 12.1. The summed E-state index contributed by atoms with van der Waals surface area (Å²) in [6.45, 7) is 7.97. The van der Waals surface area contributed by atoms with Gasteiger partial charge in [0, 0.05) is 26.2 Å². The van der Waals surface area contributed by atoms with Gasteiger partial charge in [-0.15, -0.1) is 0 Å². The van der Waals surface area contributed by atoms with E-state index < -0.39 is 11.6 Å². The Kier molecular flexibility index (Phi) is 5.59. The number of benzene rings is 1. The molecular formula is C17H23ClN2O4. The molecule has 0 aliphatic carbocycles. The molecule has 0 saturated carbocycles. The van der Waals surface area contributed by atoms with Crippen LogP contribution in [0.3, 0.4) is 0 Å². The third kappa shape index (κ3) is 4.54. The third-order valence-electron chi connectivity index (χ3n) is 3.64. The molecule has 0 bridgehead atoms. The number of halogens is 1. The van der Waals surface area contributed by atoms with Crippen molar-refractivity contribution in [3.63, 3.8) is 0 Å². The largest absolute Gasteiger partial charge is 0.465 e. The van der Waals surface area contributed by atoms with Crippen LogP contribution in [0, 0.1) is 0 Å². The Balaban J connectivity index is 2.00. The predicted octanol–water partition coefficient (Wildman–Crippen LogP) is 3.18. The van der Waals surface area contributed by atoms with Crippen LogP contribution in [0.1, 0.15) is 31.1 Å². The Morgan fingerprint density at radius 1 is 1.12 bits per heavy atom. The first-order valence-corrected chi connectivity index (χ1v) is 8.20. The first kappa shape index (κ1) is 18.4. The van der Waals surface area contributed by atoms with E-state index in [0.717, 1.165) is 5.69 Å². The van der Waals surface area contributed by atoms with E-state index in [9.17, 15) is 9.59 Å². The van der Waals surface area contributed by atoms with Crippen LogP contribution in [0.25, 0.3) is 0 Å². The van der Waals surface area contributed by atoms with E-state index in [4.69, 9.17) is 16.3 Å². The molecule has 0 atom stereocenters. The zero-order chi connectivity index (χ0) is 17.9. The van der Waals surface area contributed by atoms with Gasteiger partial charge in [0.15, 0.2) is 0 Å². The summed E-state index contributed by atoms with van der Waals surface area (Å²) in [4.78, 5) is 27.4. The molecule has 0 aromatic heterocycles. The van der Waals surface area contributed by atoms with Crippen LogP contribution >= 0.6 is 11.6 Å². The fraction of sp³-hybridized carbons (Fsp3) is 0.529. The summed E-state index contributed by atoms with van der Waals surface area (Å²) < 4.78 is 10.1. The molecule has 6 nitrogen and oxygen atoms in total. The second kappa shape index (κ2) is 7.30. The fourth-order valence-corrected chi connectivity index (χ4v) is 2.76. The lowest BCUT2D eigenvalue weighted by Crippen LogP contribution is -2.50. The van der Waals surface area contributed by atoms with Gasteiger partial charge in [0.25, 0.3) is 0 Å². The molecule has 7 heteroatoms. The standard InChI is InChI=1S/C17H23ClN2O4/c1-17(2,3)24-16(22)20-9-7-19(8-10-20)14-6-5-12(11-13(14)18)15(21)23-4/h5-6,11H,7-10H2,1-4H3. The Bertz CT molecular complexity index is 620. The van der Waals surface area contributed by atoms with Crippen LogP contribution in [0.5, 0.6) is 0 Å². The number of amides is 1. The quantitative estimate of drug-likeness (QED) is 0.763.